The number of likely N-dealkylation sites (tertiary alicyclic amines) is 1. The molecule has 3 rings (SSSR count). The Morgan fingerprint density at radius 1 is 1.15 bits per heavy atom. The highest BCUT2D eigenvalue weighted by atomic mass is 16.2. The van der Waals surface area contributed by atoms with E-state index in [1.807, 2.05) is 4.90 Å². The monoisotopic (exact) mass is 272 g/mol. The molecule has 2 aliphatic rings. The Hall–Kier alpha value is -1.35. The number of benzene rings is 1. The van der Waals surface area contributed by atoms with E-state index in [0.717, 1.165) is 0 Å². The Bertz CT molecular complexity index is 528. The van der Waals surface area contributed by atoms with Crippen LogP contribution in [0, 0.1) is 0 Å². The van der Waals surface area contributed by atoms with Gasteiger partial charge in [-0.15, -0.1) is 0 Å². The van der Waals surface area contributed by atoms with Gasteiger partial charge in [0.25, 0.3) is 0 Å². The molecule has 1 saturated carbocycles. The molecule has 1 amide bonds. The average molecular weight is 272 g/mol. The first kappa shape index (κ1) is 13.6. The number of nitrogens with two attached hydrogens (primary N) is 1. The van der Waals surface area contributed by atoms with Crippen molar-refractivity contribution in [3.8, 4) is 0 Å². The third-order valence-corrected chi connectivity index (χ3v) is 4.42. The largest absolute Gasteiger partial charge is 0.329 e. The van der Waals surface area contributed by atoms with Crippen molar-refractivity contribution in [3.05, 3.63) is 35.4 Å². The van der Waals surface area contributed by atoms with E-state index < -0.39 is 0 Å². The maximum absolute atomic E-state index is 12.4. The van der Waals surface area contributed by atoms with Gasteiger partial charge in [0.1, 0.15) is 0 Å². The van der Waals surface area contributed by atoms with E-state index in [1.54, 1.807) is 0 Å². The van der Waals surface area contributed by atoms with Crippen LogP contribution in [0.1, 0.15) is 63.1 Å². The minimum Gasteiger partial charge on any atom is -0.329 e. The van der Waals surface area contributed by atoms with Crippen LogP contribution in [-0.4, -0.2) is 22.4 Å². The van der Waals surface area contributed by atoms with Crippen molar-refractivity contribution in [3.63, 3.8) is 0 Å². The van der Waals surface area contributed by atoms with Gasteiger partial charge >= 0.3 is 0 Å². The Morgan fingerprint density at radius 3 is 2.30 bits per heavy atom. The van der Waals surface area contributed by atoms with Gasteiger partial charge in [0.2, 0.25) is 5.91 Å². The molecule has 2 fully saturated rings. The number of carbonyl (C=O) groups excluding carboxylic acids is 1. The van der Waals surface area contributed by atoms with Crippen LogP contribution in [0.5, 0.6) is 0 Å². The van der Waals surface area contributed by atoms with Gasteiger partial charge < -0.3 is 10.6 Å². The molecule has 3 heteroatoms. The van der Waals surface area contributed by atoms with Crippen LogP contribution in [0.15, 0.2) is 24.3 Å². The van der Waals surface area contributed by atoms with Gasteiger partial charge in [-0.25, -0.2) is 0 Å². The summed E-state index contributed by atoms with van der Waals surface area (Å²) in [5, 5.41) is 0. The second kappa shape index (κ2) is 4.59. The maximum atomic E-state index is 12.4. The van der Waals surface area contributed by atoms with Gasteiger partial charge in [0.05, 0.1) is 6.04 Å². The zero-order chi connectivity index (χ0) is 14.5. The molecule has 2 unspecified atom stereocenters. The summed E-state index contributed by atoms with van der Waals surface area (Å²) in [6, 6.07) is 8.47. The fraction of sp³-hybridized carbons (Fsp3) is 0.588. The summed E-state index contributed by atoms with van der Waals surface area (Å²) in [4.78, 5) is 14.4. The Kier molecular flexibility index (Phi) is 3.13. The van der Waals surface area contributed by atoms with E-state index in [0.29, 0.717) is 12.3 Å². The van der Waals surface area contributed by atoms with Crippen LogP contribution in [-0.2, 0) is 4.79 Å². The van der Waals surface area contributed by atoms with Crippen molar-refractivity contribution >= 4 is 5.91 Å². The molecule has 0 aromatic heterocycles. The molecule has 2 N–H and O–H groups in total. The topological polar surface area (TPSA) is 46.3 Å². The van der Waals surface area contributed by atoms with Crippen LogP contribution >= 0.6 is 0 Å². The lowest BCUT2D eigenvalue weighted by molar-refractivity contribution is -0.133. The quantitative estimate of drug-likeness (QED) is 0.899. The van der Waals surface area contributed by atoms with Gasteiger partial charge in [-0.3, -0.25) is 4.79 Å². The molecule has 2 atom stereocenters. The van der Waals surface area contributed by atoms with Crippen LogP contribution in [0.2, 0.25) is 0 Å². The first-order chi connectivity index (χ1) is 9.39. The minimum atomic E-state index is -0.188. The van der Waals surface area contributed by atoms with Crippen LogP contribution in [0.3, 0.4) is 0 Å². The Morgan fingerprint density at radius 2 is 1.75 bits per heavy atom. The normalized spacial score (nSPS) is 27.2. The average Bonchev–Trinajstić information content (AvgIpc) is 3.13. The summed E-state index contributed by atoms with van der Waals surface area (Å²) in [5.41, 5.74) is 8.79. The first-order valence-electron chi connectivity index (χ1n) is 7.56. The molecule has 1 aromatic carbocycles. The van der Waals surface area contributed by atoms with E-state index in [9.17, 15) is 4.79 Å². The number of hydrogen-bond donors (Lipinski definition) is 1. The fourth-order valence-corrected chi connectivity index (χ4v) is 3.47. The molecule has 3 nitrogen and oxygen atoms in total. The lowest BCUT2D eigenvalue weighted by Gasteiger charge is -2.39. The third-order valence-electron chi connectivity index (χ3n) is 4.42. The summed E-state index contributed by atoms with van der Waals surface area (Å²) in [6.07, 6.45) is 2.99. The number of nitrogens with zero attached hydrogens (tertiary/aromatic N) is 1. The molecule has 1 aromatic rings. The zero-order valence-electron chi connectivity index (χ0n) is 12.6. The number of hydrogen-bond acceptors (Lipinski definition) is 2. The standard InChI is InChI=1S/C17H24N2O/c1-17(2,3)19-15(20)10-14(18)16(19)13-7-5-4-6-12(13)11-8-9-11/h4-7,11,14,16H,8-10,18H2,1-3H3. The van der Waals surface area contributed by atoms with Crippen molar-refractivity contribution < 1.29 is 4.79 Å². The highest BCUT2D eigenvalue weighted by molar-refractivity contribution is 5.81. The molecule has 20 heavy (non-hydrogen) atoms. The van der Waals surface area contributed by atoms with Gasteiger partial charge in [0.15, 0.2) is 0 Å². The SMILES string of the molecule is CC(C)(C)N1C(=O)CC(N)C1c1ccccc1C1CC1. The van der Waals surface area contributed by atoms with E-state index in [-0.39, 0.29) is 23.5 Å². The van der Waals surface area contributed by atoms with Gasteiger partial charge in [-0.1, -0.05) is 24.3 Å². The van der Waals surface area contributed by atoms with Crippen LogP contribution in [0.25, 0.3) is 0 Å². The first-order valence-corrected chi connectivity index (χ1v) is 7.56. The molecular weight excluding hydrogens is 248 g/mol. The summed E-state index contributed by atoms with van der Waals surface area (Å²) >= 11 is 0. The van der Waals surface area contributed by atoms with Gasteiger partial charge in [-0.05, 0) is 50.7 Å². The summed E-state index contributed by atoms with van der Waals surface area (Å²) in [6.45, 7) is 6.28. The summed E-state index contributed by atoms with van der Waals surface area (Å²) in [7, 11) is 0. The van der Waals surface area contributed by atoms with Crippen molar-refractivity contribution in [2.75, 3.05) is 0 Å². The smallest absolute Gasteiger partial charge is 0.225 e. The van der Waals surface area contributed by atoms with Gasteiger partial charge in [-0.2, -0.15) is 0 Å². The zero-order valence-corrected chi connectivity index (χ0v) is 12.6. The number of rotatable bonds is 2. The van der Waals surface area contributed by atoms with E-state index >= 15 is 0 Å². The van der Waals surface area contributed by atoms with Crippen molar-refractivity contribution in [2.45, 2.75) is 63.6 Å². The van der Waals surface area contributed by atoms with Crippen molar-refractivity contribution in [2.24, 2.45) is 5.73 Å². The molecule has 108 valence electrons. The molecule has 1 aliphatic carbocycles. The highest BCUT2D eigenvalue weighted by Crippen LogP contribution is 2.46. The predicted octanol–water partition coefficient (Wildman–Crippen LogP) is 2.96. The molecule has 1 saturated heterocycles. The second-order valence-electron chi connectivity index (χ2n) is 7.15. The Balaban J connectivity index is 2.05. The van der Waals surface area contributed by atoms with Gasteiger partial charge in [0, 0.05) is 18.0 Å². The molecule has 0 spiro atoms. The summed E-state index contributed by atoms with van der Waals surface area (Å²) < 4.78 is 0. The molecule has 1 aliphatic heterocycles. The van der Waals surface area contributed by atoms with Crippen molar-refractivity contribution in [1.82, 2.24) is 4.90 Å². The molecule has 0 radical (unpaired) electrons. The van der Waals surface area contributed by atoms with Crippen LogP contribution < -0.4 is 5.73 Å². The second-order valence-corrected chi connectivity index (χ2v) is 7.15. The minimum absolute atomic E-state index is 0.0271. The molecular formula is C17H24N2O. The maximum Gasteiger partial charge on any atom is 0.225 e. The number of carbonyl (C=O) groups is 1. The van der Waals surface area contributed by atoms with Crippen molar-refractivity contribution in [1.29, 1.82) is 0 Å². The van der Waals surface area contributed by atoms with E-state index in [2.05, 4.69) is 45.0 Å². The van der Waals surface area contributed by atoms with E-state index in [1.165, 1.54) is 24.0 Å². The predicted molar refractivity (Wildman–Crippen MR) is 80.3 cm³/mol. The Labute approximate surface area is 121 Å². The molecule has 1 heterocycles. The molecule has 0 bridgehead atoms. The summed E-state index contributed by atoms with van der Waals surface area (Å²) in [5.74, 6) is 0.858. The lowest BCUT2D eigenvalue weighted by Crippen LogP contribution is -2.45. The van der Waals surface area contributed by atoms with E-state index in [4.69, 9.17) is 5.73 Å². The fourth-order valence-electron chi connectivity index (χ4n) is 3.47. The van der Waals surface area contributed by atoms with Crippen LogP contribution in [0.4, 0.5) is 0 Å². The highest BCUT2D eigenvalue weighted by Gasteiger charge is 2.45. The third kappa shape index (κ3) is 2.24. The lowest BCUT2D eigenvalue weighted by atomic mass is 9.91. The number of amides is 1.